The minimum atomic E-state index is -3.67. The molecule has 0 bridgehead atoms. The third kappa shape index (κ3) is 4.07. The largest absolute Gasteiger partial charge is 0.492 e. The zero-order valence-electron chi connectivity index (χ0n) is 15.0. The van der Waals surface area contributed by atoms with Crippen LogP contribution in [0, 0.1) is 5.92 Å². The summed E-state index contributed by atoms with van der Waals surface area (Å²) in [6.07, 6.45) is 4.17. The second-order valence-electron chi connectivity index (χ2n) is 6.73. The van der Waals surface area contributed by atoms with Crippen molar-refractivity contribution in [1.82, 2.24) is 9.21 Å². The molecule has 0 N–H and O–H groups in total. The van der Waals surface area contributed by atoms with Crippen LogP contribution >= 0.6 is 15.9 Å². The van der Waals surface area contributed by atoms with Crippen molar-refractivity contribution in [2.24, 2.45) is 5.92 Å². The summed E-state index contributed by atoms with van der Waals surface area (Å²) in [6, 6.07) is 5.01. The lowest BCUT2D eigenvalue weighted by Gasteiger charge is -2.35. The molecule has 1 aliphatic carbocycles. The molecule has 1 saturated heterocycles. The van der Waals surface area contributed by atoms with E-state index in [0.717, 1.165) is 25.7 Å². The average molecular weight is 445 g/mol. The topological polar surface area (TPSA) is 66.9 Å². The summed E-state index contributed by atoms with van der Waals surface area (Å²) < 4.78 is 33.8. The number of ether oxygens (including phenoxy) is 1. The molecule has 0 unspecified atom stereocenters. The molecule has 0 spiro atoms. The van der Waals surface area contributed by atoms with Crippen molar-refractivity contribution in [1.29, 1.82) is 0 Å². The molecule has 1 aromatic rings. The summed E-state index contributed by atoms with van der Waals surface area (Å²) in [5.41, 5.74) is 0. The maximum Gasteiger partial charge on any atom is 0.246 e. The highest BCUT2D eigenvalue weighted by molar-refractivity contribution is 9.10. The van der Waals surface area contributed by atoms with Gasteiger partial charge in [0.2, 0.25) is 15.9 Å². The standard InChI is InChI=1S/C18H25BrN2O4S/c1-2-25-16-8-7-15(19)13-17(16)26(23,24)21-11-9-20(10-12-21)18(22)14-5-3-4-6-14/h7-8,13-14H,2-6,9-12H2,1H3. The van der Waals surface area contributed by atoms with Gasteiger partial charge in [-0.3, -0.25) is 4.79 Å². The monoisotopic (exact) mass is 444 g/mol. The van der Waals surface area contributed by atoms with Crippen LogP contribution in [0.1, 0.15) is 32.6 Å². The fourth-order valence-electron chi connectivity index (χ4n) is 3.68. The highest BCUT2D eigenvalue weighted by atomic mass is 79.9. The van der Waals surface area contributed by atoms with Crippen LogP contribution in [0.3, 0.4) is 0 Å². The Morgan fingerprint density at radius 3 is 2.46 bits per heavy atom. The first-order valence-corrected chi connectivity index (χ1v) is 11.4. The number of halogens is 1. The molecule has 6 nitrogen and oxygen atoms in total. The van der Waals surface area contributed by atoms with E-state index in [1.54, 1.807) is 18.2 Å². The summed E-state index contributed by atoms with van der Waals surface area (Å²) in [7, 11) is -3.67. The molecule has 0 aromatic heterocycles. The first-order valence-electron chi connectivity index (χ1n) is 9.14. The van der Waals surface area contributed by atoms with E-state index in [1.807, 2.05) is 11.8 Å². The van der Waals surface area contributed by atoms with Crippen molar-refractivity contribution in [3.63, 3.8) is 0 Å². The number of carbonyl (C=O) groups excluding carboxylic acids is 1. The third-order valence-corrected chi connectivity index (χ3v) is 7.49. The van der Waals surface area contributed by atoms with Crippen LogP contribution in [0.15, 0.2) is 27.6 Å². The second kappa shape index (κ2) is 8.27. The quantitative estimate of drug-likeness (QED) is 0.699. The van der Waals surface area contributed by atoms with Crippen LogP contribution in [-0.2, 0) is 14.8 Å². The number of hydrogen-bond donors (Lipinski definition) is 0. The lowest BCUT2D eigenvalue weighted by molar-refractivity contribution is -0.136. The molecule has 1 amide bonds. The molecule has 2 fully saturated rings. The lowest BCUT2D eigenvalue weighted by atomic mass is 10.1. The van der Waals surface area contributed by atoms with Gasteiger partial charge in [0, 0.05) is 36.6 Å². The van der Waals surface area contributed by atoms with Gasteiger partial charge in [-0.15, -0.1) is 0 Å². The van der Waals surface area contributed by atoms with Crippen molar-refractivity contribution >= 4 is 31.9 Å². The van der Waals surface area contributed by atoms with Gasteiger partial charge in [-0.25, -0.2) is 8.42 Å². The first kappa shape index (κ1) is 19.6. The number of carbonyl (C=O) groups is 1. The fourth-order valence-corrected chi connectivity index (χ4v) is 5.77. The van der Waals surface area contributed by atoms with E-state index in [1.165, 1.54) is 4.31 Å². The zero-order valence-corrected chi connectivity index (χ0v) is 17.4. The average Bonchev–Trinajstić information content (AvgIpc) is 3.17. The Morgan fingerprint density at radius 1 is 1.19 bits per heavy atom. The van der Waals surface area contributed by atoms with Crippen molar-refractivity contribution in [3.8, 4) is 5.75 Å². The molecule has 2 aliphatic rings. The number of sulfonamides is 1. The van der Waals surface area contributed by atoms with E-state index in [2.05, 4.69) is 15.9 Å². The summed E-state index contributed by atoms with van der Waals surface area (Å²) in [5.74, 6) is 0.685. The Labute approximate surface area is 163 Å². The summed E-state index contributed by atoms with van der Waals surface area (Å²) in [5, 5.41) is 0. The predicted octanol–water partition coefficient (Wildman–Crippen LogP) is 2.87. The molecular formula is C18H25BrN2O4S. The van der Waals surface area contributed by atoms with Gasteiger partial charge in [-0.05, 0) is 38.0 Å². The van der Waals surface area contributed by atoms with E-state index in [9.17, 15) is 13.2 Å². The van der Waals surface area contributed by atoms with Crippen LogP contribution in [0.5, 0.6) is 5.75 Å². The minimum absolute atomic E-state index is 0.132. The SMILES string of the molecule is CCOc1ccc(Br)cc1S(=O)(=O)N1CCN(C(=O)C2CCCC2)CC1. The molecule has 0 radical (unpaired) electrons. The van der Waals surface area contributed by atoms with Crippen molar-refractivity contribution in [2.45, 2.75) is 37.5 Å². The maximum absolute atomic E-state index is 13.1. The van der Waals surface area contributed by atoms with Gasteiger partial charge in [0.15, 0.2) is 0 Å². The van der Waals surface area contributed by atoms with Crippen molar-refractivity contribution < 1.29 is 17.9 Å². The normalized spacial score (nSPS) is 19.7. The summed E-state index contributed by atoms with van der Waals surface area (Å²) in [6.45, 7) is 3.76. The zero-order chi connectivity index (χ0) is 18.7. The molecule has 1 saturated carbocycles. The maximum atomic E-state index is 13.1. The lowest BCUT2D eigenvalue weighted by Crippen LogP contribution is -2.51. The Balaban J connectivity index is 1.72. The van der Waals surface area contributed by atoms with Gasteiger partial charge in [0.1, 0.15) is 10.6 Å². The van der Waals surface area contributed by atoms with Crippen LogP contribution in [0.4, 0.5) is 0 Å². The van der Waals surface area contributed by atoms with Crippen molar-refractivity contribution in [3.05, 3.63) is 22.7 Å². The number of rotatable bonds is 5. The molecule has 3 rings (SSSR count). The van der Waals surface area contributed by atoms with E-state index >= 15 is 0 Å². The predicted molar refractivity (Wildman–Crippen MR) is 103 cm³/mol. The number of benzene rings is 1. The van der Waals surface area contributed by atoms with Crippen LogP contribution < -0.4 is 4.74 Å². The van der Waals surface area contributed by atoms with Gasteiger partial charge in [-0.1, -0.05) is 28.8 Å². The number of hydrogen-bond acceptors (Lipinski definition) is 4. The highest BCUT2D eigenvalue weighted by Crippen LogP contribution is 2.31. The summed E-state index contributed by atoms with van der Waals surface area (Å²) >= 11 is 3.34. The van der Waals surface area contributed by atoms with Gasteiger partial charge in [-0.2, -0.15) is 4.31 Å². The molecule has 0 atom stereocenters. The van der Waals surface area contributed by atoms with Crippen molar-refractivity contribution in [2.75, 3.05) is 32.8 Å². The molecule has 1 aliphatic heterocycles. The van der Waals surface area contributed by atoms with Crippen LogP contribution in [0.25, 0.3) is 0 Å². The second-order valence-corrected chi connectivity index (χ2v) is 9.56. The Morgan fingerprint density at radius 2 is 1.85 bits per heavy atom. The molecule has 1 heterocycles. The van der Waals surface area contributed by atoms with E-state index in [4.69, 9.17) is 4.74 Å². The number of amides is 1. The first-order chi connectivity index (χ1) is 12.4. The Bertz CT molecular complexity index is 754. The smallest absolute Gasteiger partial charge is 0.246 e. The van der Waals surface area contributed by atoms with Gasteiger partial charge >= 0.3 is 0 Å². The minimum Gasteiger partial charge on any atom is -0.492 e. The molecule has 8 heteroatoms. The van der Waals surface area contributed by atoms with Crippen LogP contribution in [0.2, 0.25) is 0 Å². The number of piperazine rings is 1. The molecule has 1 aromatic carbocycles. The molecular weight excluding hydrogens is 420 g/mol. The Hall–Kier alpha value is -1.12. The Kier molecular flexibility index (Phi) is 6.25. The summed E-state index contributed by atoms with van der Waals surface area (Å²) in [4.78, 5) is 14.5. The van der Waals surface area contributed by atoms with Crippen LogP contribution in [-0.4, -0.2) is 56.3 Å². The van der Waals surface area contributed by atoms with Gasteiger partial charge < -0.3 is 9.64 Å². The van der Waals surface area contributed by atoms with Gasteiger partial charge in [0.25, 0.3) is 0 Å². The van der Waals surface area contributed by atoms with E-state index < -0.39 is 10.0 Å². The molecule has 144 valence electrons. The third-order valence-electron chi connectivity index (χ3n) is 5.08. The molecule has 26 heavy (non-hydrogen) atoms. The highest BCUT2D eigenvalue weighted by Gasteiger charge is 2.34. The van der Waals surface area contributed by atoms with E-state index in [-0.39, 0.29) is 16.7 Å². The fraction of sp³-hybridized carbons (Fsp3) is 0.611. The van der Waals surface area contributed by atoms with E-state index in [0.29, 0.717) is 43.0 Å². The van der Waals surface area contributed by atoms with Gasteiger partial charge in [0.05, 0.1) is 6.61 Å². The number of nitrogens with zero attached hydrogens (tertiary/aromatic N) is 2.